The number of para-hydroxylation sites is 2. The van der Waals surface area contributed by atoms with E-state index >= 15 is 0 Å². The summed E-state index contributed by atoms with van der Waals surface area (Å²) in [6, 6.07) is 11.4. The van der Waals surface area contributed by atoms with Gasteiger partial charge in [-0.05, 0) is 35.9 Å². The molecule has 0 saturated heterocycles. The van der Waals surface area contributed by atoms with E-state index in [-0.39, 0.29) is 6.79 Å². The Bertz CT molecular complexity index is 869. The number of benzene rings is 2. The van der Waals surface area contributed by atoms with Crippen LogP contribution in [-0.2, 0) is 0 Å². The topological polar surface area (TPSA) is 47.1 Å². The van der Waals surface area contributed by atoms with Gasteiger partial charge in [0.05, 0.1) is 21.1 Å². The number of rotatable bonds is 2. The maximum absolute atomic E-state index is 6.37. The maximum atomic E-state index is 6.37. The summed E-state index contributed by atoms with van der Waals surface area (Å²) in [4.78, 5) is 7.64. The molecule has 1 N–H and O–H groups in total. The zero-order chi connectivity index (χ0) is 15.1. The lowest BCUT2D eigenvalue weighted by molar-refractivity contribution is 0.174. The second-order valence-corrected chi connectivity index (χ2v) is 5.65. The Labute approximate surface area is 136 Å². The third-order valence-electron chi connectivity index (χ3n) is 3.36. The average Bonchev–Trinajstić information content (AvgIpc) is 3.13. The third kappa shape index (κ3) is 2.30. The van der Waals surface area contributed by atoms with Crippen molar-refractivity contribution in [2.24, 2.45) is 0 Å². The minimum absolute atomic E-state index is 0.180. The first-order valence-corrected chi connectivity index (χ1v) is 7.38. The van der Waals surface area contributed by atoms with Crippen molar-refractivity contribution < 1.29 is 9.47 Å². The van der Waals surface area contributed by atoms with Gasteiger partial charge in [0.2, 0.25) is 6.79 Å². The lowest BCUT2D eigenvalue weighted by atomic mass is 10.2. The molecule has 110 valence electrons. The van der Waals surface area contributed by atoms with Gasteiger partial charge in [-0.15, -0.1) is 0 Å². The zero-order valence-electron chi connectivity index (χ0n) is 11.3. The van der Waals surface area contributed by atoms with Crippen molar-refractivity contribution in [1.29, 1.82) is 0 Å². The van der Waals surface area contributed by atoms with Crippen LogP contribution in [0.2, 0.25) is 5.02 Å². The molecule has 0 aliphatic carbocycles. The summed E-state index contributed by atoms with van der Waals surface area (Å²) in [5, 5.41) is 0.987. The van der Waals surface area contributed by atoms with Crippen molar-refractivity contribution in [3.63, 3.8) is 0 Å². The number of aromatic amines is 1. The van der Waals surface area contributed by atoms with Gasteiger partial charge in [-0.2, -0.15) is 0 Å². The van der Waals surface area contributed by atoms with E-state index in [0.717, 1.165) is 16.6 Å². The monoisotopic (exact) mass is 332 g/mol. The standard InChI is InChI=1S/C16H10Cl2N2O2/c17-10-5-9(7-14-15(10)22-8-21-14)6-11(18)16-19-12-3-1-2-4-13(12)20-16/h1-7H,8H2,(H,19,20). The number of fused-ring (bicyclic) bond motifs is 2. The van der Waals surface area contributed by atoms with Gasteiger partial charge in [0.15, 0.2) is 11.5 Å². The number of ether oxygens (including phenoxy) is 2. The molecular weight excluding hydrogens is 323 g/mol. The maximum Gasteiger partial charge on any atom is 0.231 e. The summed E-state index contributed by atoms with van der Waals surface area (Å²) >= 11 is 12.5. The van der Waals surface area contributed by atoms with Crippen LogP contribution in [0, 0.1) is 0 Å². The lowest BCUT2D eigenvalue weighted by Gasteiger charge is -2.02. The first-order chi connectivity index (χ1) is 10.7. The van der Waals surface area contributed by atoms with Crippen molar-refractivity contribution in [3.05, 3.63) is 52.8 Å². The van der Waals surface area contributed by atoms with Crippen LogP contribution in [0.5, 0.6) is 11.5 Å². The van der Waals surface area contributed by atoms with Gasteiger partial charge in [-0.25, -0.2) is 4.98 Å². The predicted octanol–water partition coefficient (Wildman–Crippen LogP) is 4.68. The molecule has 2 heterocycles. The van der Waals surface area contributed by atoms with Crippen molar-refractivity contribution in [1.82, 2.24) is 9.97 Å². The average molecular weight is 333 g/mol. The molecule has 0 amide bonds. The highest BCUT2D eigenvalue weighted by molar-refractivity contribution is 6.50. The predicted molar refractivity (Wildman–Crippen MR) is 87.4 cm³/mol. The smallest absolute Gasteiger partial charge is 0.231 e. The number of nitrogens with one attached hydrogen (secondary N) is 1. The second-order valence-electron chi connectivity index (χ2n) is 4.83. The molecule has 0 atom stereocenters. The molecule has 1 aliphatic heterocycles. The van der Waals surface area contributed by atoms with Gasteiger partial charge < -0.3 is 14.5 Å². The molecule has 0 spiro atoms. The SMILES string of the molecule is ClC(=Cc1cc(Cl)c2c(c1)OCO2)c1nc2ccccc2[nH]1. The minimum atomic E-state index is 0.180. The van der Waals surface area contributed by atoms with Crippen LogP contribution >= 0.6 is 23.2 Å². The van der Waals surface area contributed by atoms with Crippen LogP contribution < -0.4 is 9.47 Å². The quantitative estimate of drug-likeness (QED) is 0.741. The van der Waals surface area contributed by atoms with Gasteiger partial charge >= 0.3 is 0 Å². The molecule has 6 heteroatoms. The van der Waals surface area contributed by atoms with Crippen molar-refractivity contribution in [3.8, 4) is 11.5 Å². The molecule has 2 aromatic carbocycles. The fourth-order valence-corrected chi connectivity index (χ4v) is 2.84. The Balaban J connectivity index is 1.74. The van der Waals surface area contributed by atoms with Gasteiger partial charge in [0, 0.05) is 0 Å². The molecule has 0 fully saturated rings. The van der Waals surface area contributed by atoms with Gasteiger partial charge in [-0.1, -0.05) is 35.3 Å². The molecule has 0 bridgehead atoms. The number of aromatic nitrogens is 2. The zero-order valence-corrected chi connectivity index (χ0v) is 12.8. The van der Waals surface area contributed by atoms with Crippen LogP contribution in [0.25, 0.3) is 22.1 Å². The largest absolute Gasteiger partial charge is 0.454 e. The number of hydrogen-bond donors (Lipinski definition) is 1. The molecule has 1 aliphatic rings. The van der Waals surface area contributed by atoms with Crippen molar-refractivity contribution >= 4 is 45.3 Å². The number of H-pyrrole nitrogens is 1. The Hall–Kier alpha value is -2.17. The summed E-state index contributed by atoms with van der Waals surface area (Å²) in [7, 11) is 0. The van der Waals surface area contributed by atoms with E-state index in [1.165, 1.54) is 0 Å². The summed E-state index contributed by atoms with van der Waals surface area (Å²) in [5.74, 6) is 1.79. The van der Waals surface area contributed by atoms with Crippen LogP contribution in [0.1, 0.15) is 11.4 Å². The highest BCUT2D eigenvalue weighted by atomic mass is 35.5. The summed E-state index contributed by atoms with van der Waals surface area (Å²) in [6.07, 6.45) is 1.78. The lowest BCUT2D eigenvalue weighted by Crippen LogP contribution is -1.93. The van der Waals surface area contributed by atoms with Crippen LogP contribution in [0.3, 0.4) is 0 Å². The Morgan fingerprint density at radius 1 is 1.23 bits per heavy atom. The molecule has 0 saturated carbocycles. The molecule has 4 nitrogen and oxygen atoms in total. The Morgan fingerprint density at radius 3 is 2.95 bits per heavy atom. The first-order valence-electron chi connectivity index (χ1n) is 6.62. The van der Waals surface area contributed by atoms with E-state index < -0.39 is 0 Å². The van der Waals surface area contributed by atoms with Gasteiger partial charge in [0.1, 0.15) is 5.82 Å². The molecule has 0 unspecified atom stereocenters. The van der Waals surface area contributed by atoms with E-state index in [9.17, 15) is 0 Å². The van der Waals surface area contributed by atoms with Crippen LogP contribution in [0.4, 0.5) is 0 Å². The van der Waals surface area contributed by atoms with E-state index in [2.05, 4.69) is 9.97 Å². The molecular formula is C16H10Cl2N2O2. The molecule has 4 rings (SSSR count). The van der Waals surface area contributed by atoms with Crippen molar-refractivity contribution in [2.75, 3.05) is 6.79 Å². The molecule has 0 radical (unpaired) electrons. The van der Waals surface area contributed by atoms with Crippen LogP contribution in [-0.4, -0.2) is 16.8 Å². The van der Waals surface area contributed by atoms with Gasteiger partial charge in [0.25, 0.3) is 0 Å². The summed E-state index contributed by atoms with van der Waals surface area (Å²) < 4.78 is 10.6. The molecule has 3 aromatic rings. The van der Waals surface area contributed by atoms with E-state index in [1.54, 1.807) is 12.1 Å². The van der Waals surface area contributed by atoms with E-state index in [1.807, 2.05) is 30.3 Å². The second kappa shape index (κ2) is 5.23. The van der Waals surface area contributed by atoms with E-state index in [0.29, 0.717) is 27.4 Å². The number of halogens is 2. The number of nitrogens with zero attached hydrogens (tertiary/aromatic N) is 1. The fourth-order valence-electron chi connectivity index (χ4n) is 2.35. The first kappa shape index (κ1) is 13.5. The van der Waals surface area contributed by atoms with Crippen molar-refractivity contribution in [2.45, 2.75) is 0 Å². The Kier molecular flexibility index (Phi) is 3.21. The Morgan fingerprint density at radius 2 is 2.09 bits per heavy atom. The van der Waals surface area contributed by atoms with E-state index in [4.69, 9.17) is 32.7 Å². The summed E-state index contributed by atoms with van der Waals surface area (Å²) in [6.45, 7) is 0.180. The third-order valence-corrected chi connectivity index (χ3v) is 3.93. The normalized spacial score (nSPS) is 13.8. The fraction of sp³-hybridized carbons (Fsp3) is 0.0625. The van der Waals surface area contributed by atoms with Crippen LogP contribution in [0.15, 0.2) is 36.4 Å². The number of hydrogen-bond acceptors (Lipinski definition) is 3. The molecule has 1 aromatic heterocycles. The number of imidazole rings is 1. The summed E-state index contributed by atoms with van der Waals surface area (Å²) in [5.41, 5.74) is 2.63. The minimum Gasteiger partial charge on any atom is -0.454 e. The highest BCUT2D eigenvalue weighted by Crippen LogP contribution is 2.40. The highest BCUT2D eigenvalue weighted by Gasteiger charge is 2.18. The van der Waals surface area contributed by atoms with Gasteiger partial charge in [-0.3, -0.25) is 0 Å². The molecule has 22 heavy (non-hydrogen) atoms.